The van der Waals surface area contributed by atoms with E-state index < -0.39 is 5.63 Å². The Morgan fingerprint density at radius 2 is 1.92 bits per heavy atom. The van der Waals surface area contributed by atoms with Crippen molar-refractivity contribution in [3.05, 3.63) is 75.1 Å². The van der Waals surface area contributed by atoms with E-state index in [0.29, 0.717) is 18.9 Å². The van der Waals surface area contributed by atoms with Crippen LogP contribution in [0.15, 0.2) is 51.7 Å². The number of aryl methyl sites for hydroxylation is 1. The second-order valence-electron chi connectivity index (χ2n) is 6.71. The highest BCUT2D eigenvalue weighted by Crippen LogP contribution is 2.32. The maximum Gasteiger partial charge on any atom is 0.347 e. The van der Waals surface area contributed by atoms with Crippen molar-refractivity contribution in [1.29, 1.82) is 0 Å². The molecule has 0 bridgehead atoms. The fraction of sp³-hybridized carbons (Fsp3) is 0.238. The van der Waals surface area contributed by atoms with E-state index in [2.05, 4.69) is 36.1 Å². The van der Waals surface area contributed by atoms with E-state index in [9.17, 15) is 9.59 Å². The molecule has 3 aromatic rings. The fourth-order valence-electron chi connectivity index (χ4n) is 3.24. The average Bonchev–Trinajstić information content (AvgIpc) is 2.63. The molecule has 2 aromatic carbocycles. The van der Waals surface area contributed by atoms with Crippen LogP contribution in [0.5, 0.6) is 5.75 Å². The Morgan fingerprint density at radius 3 is 2.65 bits per heavy atom. The van der Waals surface area contributed by atoms with Crippen LogP contribution >= 0.6 is 0 Å². The molecule has 0 amide bonds. The molecule has 0 N–H and O–H groups in total. The summed E-state index contributed by atoms with van der Waals surface area (Å²) in [4.78, 5) is 25.9. The minimum absolute atomic E-state index is 0.0747. The third-order valence-corrected chi connectivity index (χ3v) is 4.65. The number of ketones is 1. The van der Waals surface area contributed by atoms with Gasteiger partial charge in [0.2, 0.25) is 0 Å². The first kappa shape index (κ1) is 16.5. The number of benzene rings is 2. The maximum atomic E-state index is 12.1. The molecule has 1 aliphatic rings. The molecule has 1 aromatic heterocycles. The molecule has 5 heteroatoms. The van der Waals surface area contributed by atoms with Gasteiger partial charge in [0.15, 0.2) is 5.78 Å². The summed E-state index contributed by atoms with van der Waals surface area (Å²) in [5.74, 6) is 0.423. The van der Waals surface area contributed by atoms with E-state index in [-0.39, 0.29) is 11.3 Å². The van der Waals surface area contributed by atoms with Crippen molar-refractivity contribution in [3.8, 4) is 5.75 Å². The summed E-state index contributed by atoms with van der Waals surface area (Å²) in [5, 5.41) is 0.731. The molecule has 0 spiro atoms. The number of fused-ring (bicyclic) bond motifs is 3. The van der Waals surface area contributed by atoms with Crippen LogP contribution in [0.4, 0.5) is 0 Å². The van der Waals surface area contributed by atoms with Gasteiger partial charge < -0.3 is 9.15 Å². The summed E-state index contributed by atoms with van der Waals surface area (Å²) < 4.78 is 11.3. The van der Waals surface area contributed by atoms with Gasteiger partial charge in [0, 0.05) is 18.5 Å². The van der Waals surface area contributed by atoms with Crippen LogP contribution < -0.4 is 10.4 Å². The van der Waals surface area contributed by atoms with Crippen LogP contribution in [0.1, 0.15) is 34.0 Å². The van der Waals surface area contributed by atoms with Gasteiger partial charge in [-0.05, 0) is 37.6 Å². The average molecular weight is 349 g/mol. The van der Waals surface area contributed by atoms with Gasteiger partial charge in [0.25, 0.3) is 0 Å². The summed E-state index contributed by atoms with van der Waals surface area (Å²) in [5.41, 5.74) is 3.23. The van der Waals surface area contributed by atoms with Crippen LogP contribution in [-0.2, 0) is 13.1 Å². The van der Waals surface area contributed by atoms with Crippen molar-refractivity contribution in [1.82, 2.24) is 4.90 Å². The molecule has 26 heavy (non-hydrogen) atoms. The second kappa shape index (κ2) is 6.42. The Labute approximate surface area is 150 Å². The number of hydrogen-bond donors (Lipinski definition) is 0. The topological polar surface area (TPSA) is 59.8 Å². The summed E-state index contributed by atoms with van der Waals surface area (Å²) in [6, 6.07) is 13.7. The minimum atomic E-state index is -0.603. The molecule has 0 unspecified atom stereocenters. The molecule has 5 nitrogen and oxygen atoms in total. The summed E-state index contributed by atoms with van der Waals surface area (Å²) in [7, 11) is 0. The smallest absolute Gasteiger partial charge is 0.347 e. The van der Waals surface area contributed by atoms with Crippen LogP contribution in [0, 0.1) is 6.92 Å². The Balaban J connectivity index is 1.69. The molecule has 1 aliphatic heterocycles. The predicted octanol–water partition coefficient (Wildman–Crippen LogP) is 3.66. The van der Waals surface area contributed by atoms with Crippen molar-refractivity contribution in [2.75, 3.05) is 6.73 Å². The molecule has 4 rings (SSSR count). The van der Waals surface area contributed by atoms with Crippen LogP contribution in [0.25, 0.3) is 11.0 Å². The standard InChI is InChI=1S/C21H19NO4/c1-13-3-5-15(6-4-13)10-22-11-18-19(25-12-22)8-7-16-9-17(14(2)23)21(24)26-20(16)18/h3-9H,10-12H2,1-2H3. The van der Waals surface area contributed by atoms with Gasteiger partial charge in [-0.25, -0.2) is 4.79 Å². The fourth-order valence-corrected chi connectivity index (χ4v) is 3.24. The Bertz CT molecular complexity index is 1050. The van der Waals surface area contributed by atoms with Crippen LogP contribution in [0.3, 0.4) is 0 Å². The number of Topliss-reactive ketones (excluding diaryl/α,β-unsaturated/α-hetero) is 1. The molecule has 0 radical (unpaired) electrons. The van der Waals surface area contributed by atoms with Gasteiger partial charge in [0.05, 0.1) is 5.56 Å². The van der Waals surface area contributed by atoms with Crippen LogP contribution in [0.2, 0.25) is 0 Å². The Morgan fingerprint density at radius 1 is 1.15 bits per heavy atom. The number of carbonyl (C=O) groups is 1. The van der Waals surface area contributed by atoms with Gasteiger partial charge >= 0.3 is 5.63 Å². The molecule has 0 fully saturated rings. The van der Waals surface area contributed by atoms with Gasteiger partial charge in [-0.1, -0.05) is 29.8 Å². The van der Waals surface area contributed by atoms with E-state index in [4.69, 9.17) is 9.15 Å². The number of carbonyl (C=O) groups excluding carboxylic acids is 1. The summed E-state index contributed by atoms with van der Waals surface area (Å²) in [6.45, 7) is 5.26. The lowest BCUT2D eigenvalue weighted by Crippen LogP contribution is -2.31. The molecular formula is C21H19NO4. The largest absolute Gasteiger partial charge is 0.478 e. The Hall–Kier alpha value is -2.92. The molecule has 0 saturated heterocycles. The normalized spacial score (nSPS) is 14.1. The monoisotopic (exact) mass is 349 g/mol. The molecule has 2 heterocycles. The number of nitrogens with zero attached hydrogens (tertiary/aromatic N) is 1. The first-order chi connectivity index (χ1) is 12.5. The number of ether oxygens (including phenoxy) is 1. The van der Waals surface area contributed by atoms with Gasteiger partial charge in [-0.2, -0.15) is 0 Å². The zero-order valence-electron chi connectivity index (χ0n) is 14.7. The summed E-state index contributed by atoms with van der Waals surface area (Å²) >= 11 is 0. The number of rotatable bonds is 3. The van der Waals surface area contributed by atoms with Gasteiger partial charge in [0.1, 0.15) is 23.6 Å². The van der Waals surface area contributed by atoms with E-state index >= 15 is 0 Å². The third kappa shape index (κ3) is 3.02. The van der Waals surface area contributed by atoms with Crippen LogP contribution in [-0.4, -0.2) is 17.4 Å². The Kier molecular flexibility index (Phi) is 4.09. The number of hydrogen-bond acceptors (Lipinski definition) is 5. The predicted molar refractivity (Wildman–Crippen MR) is 98.4 cm³/mol. The molecular weight excluding hydrogens is 330 g/mol. The SMILES string of the molecule is CC(=O)c1cc2ccc3c(c2oc1=O)CN(Cc1ccc(C)cc1)CO3. The highest BCUT2D eigenvalue weighted by atomic mass is 16.5. The van der Waals surface area contributed by atoms with Gasteiger partial charge in [-0.15, -0.1) is 0 Å². The quantitative estimate of drug-likeness (QED) is 0.533. The first-order valence-corrected chi connectivity index (χ1v) is 8.52. The summed E-state index contributed by atoms with van der Waals surface area (Å²) in [6.07, 6.45) is 0. The van der Waals surface area contributed by atoms with Crippen molar-refractivity contribution in [2.45, 2.75) is 26.9 Å². The molecule has 0 aliphatic carbocycles. The van der Waals surface area contributed by atoms with Crippen molar-refractivity contribution in [2.24, 2.45) is 0 Å². The first-order valence-electron chi connectivity index (χ1n) is 8.52. The third-order valence-electron chi connectivity index (χ3n) is 4.65. The molecule has 132 valence electrons. The van der Waals surface area contributed by atoms with E-state index in [1.54, 1.807) is 6.07 Å². The van der Waals surface area contributed by atoms with E-state index in [1.807, 2.05) is 12.1 Å². The van der Waals surface area contributed by atoms with Crippen molar-refractivity contribution in [3.63, 3.8) is 0 Å². The second-order valence-corrected chi connectivity index (χ2v) is 6.71. The molecule has 0 saturated carbocycles. The minimum Gasteiger partial charge on any atom is -0.478 e. The lowest BCUT2D eigenvalue weighted by molar-refractivity contribution is 0.0889. The zero-order valence-corrected chi connectivity index (χ0v) is 14.7. The highest BCUT2D eigenvalue weighted by Gasteiger charge is 2.22. The van der Waals surface area contributed by atoms with Crippen molar-refractivity contribution >= 4 is 16.8 Å². The van der Waals surface area contributed by atoms with E-state index in [1.165, 1.54) is 18.1 Å². The van der Waals surface area contributed by atoms with E-state index in [0.717, 1.165) is 23.2 Å². The highest BCUT2D eigenvalue weighted by molar-refractivity contribution is 5.97. The molecule has 0 atom stereocenters. The maximum absolute atomic E-state index is 12.1. The lowest BCUT2D eigenvalue weighted by atomic mass is 10.1. The zero-order chi connectivity index (χ0) is 18.3. The van der Waals surface area contributed by atoms with Gasteiger partial charge in [-0.3, -0.25) is 9.69 Å². The lowest BCUT2D eigenvalue weighted by Gasteiger charge is -2.29. The van der Waals surface area contributed by atoms with Crippen molar-refractivity contribution < 1.29 is 13.9 Å².